The highest BCUT2D eigenvalue weighted by atomic mass is 79.9. The second-order valence-corrected chi connectivity index (χ2v) is 6.69. The van der Waals surface area contributed by atoms with E-state index in [1.807, 2.05) is 33.4 Å². The van der Waals surface area contributed by atoms with Crippen molar-refractivity contribution in [1.82, 2.24) is 9.13 Å². The molecule has 2 aromatic rings. The predicted octanol–water partition coefficient (Wildman–Crippen LogP) is 5.06. The van der Waals surface area contributed by atoms with Crippen LogP contribution in [0.3, 0.4) is 0 Å². The summed E-state index contributed by atoms with van der Waals surface area (Å²) in [5.41, 5.74) is 3.63. The van der Waals surface area contributed by atoms with Gasteiger partial charge in [0.05, 0.1) is 0 Å². The minimum Gasteiger partial charge on any atom is -0.333 e. The lowest BCUT2D eigenvalue weighted by molar-refractivity contribution is 0.517. The van der Waals surface area contributed by atoms with Gasteiger partial charge in [0.25, 0.3) is 0 Å². The van der Waals surface area contributed by atoms with Crippen LogP contribution >= 0.6 is 34.0 Å². The van der Waals surface area contributed by atoms with Crippen LogP contribution in [0.15, 0.2) is 36.7 Å². The molecule has 0 spiro atoms. The highest BCUT2D eigenvalue weighted by Crippen LogP contribution is 2.07. The Balaban J connectivity index is 0.00000312. The molecule has 0 saturated heterocycles. The van der Waals surface area contributed by atoms with Crippen molar-refractivity contribution >= 4 is 34.0 Å². The van der Waals surface area contributed by atoms with E-state index < -0.39 is 0 Å². The zero-order chi connectivity index (χ0) is 17.4. The van der Waals surface area contributed by atoms with Crippen LogP contribution in [0.4, 0.5) is 0 Å². The lowest BCUT2D eigenvalue weighted by Crippen LogP contribution is -2.19. The number of aromatic nitrogens is 2. The van der Waals surface area contributed by atoms with Gasteiger partial charge in [-0.1, -0.05) is 37.8 Å². The first-order valence-electron chi connectivity index (χ1n) is 8.99. The van der Waals surface area contributed by atoms with Crippen LogP contribution in [0.1, 0.15) is 49.7 Å². The van der Waals surface area contributed by atoms with Crippen LogP contribution in [0.2, 0.25) is 0 Å². The molecule has 0 aliphatic heterocycles. The summed E-state index contributed by atoms with van der Waals surface area (Å²) in [5, 5.41) is 15.8. The van der Waals surface area contributed by atoms with E-state index in [-0.39, 0.29) is 34.0 Å². The normalized spacial score (nSPS) is 10.1. The molecule has 0 fully saturated rings. The third kappa shape index (κ3) is 8.49. The Morgan fingerprint density at radius 1 is 0.615 bits per heavy atom. The first-order valence-corrected chi connectivity index (χ1v) is 8.99. The number of pyridine rings is 2. The molecule has 26 heavy (non-hydrogen) atoms. The first kappa shape index (κ1) is 24.9. The van der Waals surface area contributed by atoms with Gasteiger partial charge in [-0.2, -0.15) is 0 Å². The van der Waals surface area contributed by atoms with E-state index in [9.17, 15) is 0 Å². The van der Waals surface area contributed by atoms with Crippen molar-refractivity contribution in [3.05, 3.63) is 58.8 Å². The van der Waals surface area contributed by atoms with E-state index in [4.69, 9.17) is 10.8 Å². The zero-order valence-corrected chi connectivity index (χ0v) is 19.3. The number of nitrogens with one attached hydrogen (secondary N) is 2. The number of hydrogen-bond acceptors (Lipinski definition) is 2. The van der Waals surface area contributed by atoms with Crippen LogP contribution in [-0.2, 0) is 13.1 Å². The van der Waals surface area contributed by atoms with Crippen molar-refractivity contribution in [3.63, 3.8) is 0 Å². The topological polar surface area (TPSA) is 57.6 Å². The third-order valence-electron chi connectivity index (χ3n) is 4.39. The van der Waals surface area contributed by atoms with Gasteiger partial charge in [-0.25, -0.2) is 0 Å². The molecule has 0 aliphatic rings. The Morgan fingerprint density at radius 2 is 0.962 bits per heavy atom. The van der Waals surface area contributed by atoms with E-state index in [1.54, 1.807) is 0 Å². The fraction of sp³-hybridized carbons (Fsp3) is 0.500. The molecule has 0 saturated carbocycles. The Morgan fingerprint density at radius 3 is 1.35 bits per heavy atom. The Hall–Kier alpha value is -1.14. The Kier molecular flexibility index (Phi) is 12.5. The minimum atomic E-state index is 0. The molecule has 0 radical (unpaired) electrons. The van der Waals surface area contributed by atoms with Gasteiger partial charge in [0.2, 0.25) is 0 Å². The smallest absolute Gasteiger partial charge is 0.124 e. The number of halogens is 2. The molecule has 146 valence electrons. The molecule has 2 aromatic heterocycles. The fourth-order valence-electron chi connectivity index (χ4n) is 2.97. The lowest BCUT2D eigenvalue weighted by atomic mass is 10.1. The summed E-state index contributed by atoms with van der Waals surface area (Å²) < 4.78 is 4.08. The second-order valence-electron chi connectivity index (χ2n) is 6.69. The quantitative estimate of drug-likeness (QED) is 0.464. The highest BCUT2D eigenvalue weighted by molar-refractivity contribution is 8.93. The lowest BCUT2D eigenvalue weighted by Gasteiger charge is -2.09. The summed E-state index contributed by atoms with van der Waals surface area (Å²) in [6.45, 7) is 6.04. The van der Waals surface area contributed by atoms with Crippen LogP contribution in [0.25, 0.3) is 0 Å². The SMILES string of the molecule is Br.Br.Cc1ccc(=N)n(CCCCCCCCn2cc(C)ccc2=N)c1. The summed E-state index contributed by atoms with van der Waals surface area (Å²) in [6.07, 6.45) is 11.4. The van der Waals surface area contributed by atoms with E-state index in [1.165, 1.54) is 36.8 Å². The Bertz CT molecular complexity index is 699. The third-order valence-corrected chi connectivity index (χ3v) is 4.39. The van der Waals surface area contributed by atoms with E-state index in [2.05, 4.69) is 26.2 Å². The average molecular weight is 488 g/mol. The minimum absolute atomic E-state index is 0. The maximum absolute atomic E-state index is 7.90. The number of rotatable bonds is 9. The molecule has 0 bridgehead atoms. The summed E-state index contributed by atoms with van der Waals surface area (Å²) in [5.74, 6) is 0. The molecule has 0 aromatic carbocycles. The largest absolute Gasteiger partial charge is 0.333 e. The number of nitrogens with zero attached hydrogens (tertiary/aromatic N) is 2. The van der Waals surface area contributed by atoms with Crippen LogP contribution in [0.5, 0.6) is 0 Å². The van der Waals surface area contributed by atoms with Crippen molar-refractivity contribution in [2.45, 2.75) is 65.5 Å². The predicted molar refractivity (Wildman–Crippen MR) is 118 cm³/mol. The number of aryl methyl sites for hydroxylation is 4. The molecule has 0 atom stereocenters. The van der Waals surface area contributed by atoms with E-state index >= 15 is 0 Å². The molecule has 2 N–H and O–H groups in total. The molecular formula is C20H32Br2N4. The number of unbranched alkanes of at least 4 members (excludes halogenated alkanes) is 5. The number of hydrogen-bond donors (Lipinski definition) is 2. The van der Waals surface area contributed by atoms with Gasteiger partial charge in [0.1, 0.15) is 11.0 Å². The van der Waals surface area contributed by atoms with E-state index in [0.29, 0.717) is 11.0 Å². The summed E-state index contributed by atoms with van der Waals surface area (Å²) in [6, 6.07) is 7.73. The molecule has 6 heteroatoms. The van der Waals surface area contributed by atoms with Gasteiger partial charge in [-0.3, -0.25) is 10.8 Å². The zero-order valence-electron chi connectivity index (χ0n) is 15.8. The van der Waals surface area contributed by atoms with Gasteiger partial charge in [-0.15, -0.1) is 34.0 Å². The fourth-order valence-corrected chi connectivity index (χ4v) is 2.97. The average Bonchev–Trinajstić information content (AvgIpc) is 2.56. The monoisotopic (exact) mass is 486 g/mol. The first-order chi connectivity index (χ1) is 11.6. The van der Waals surface area contributed by atoms with Crippen LogP contribution in [-0.4, -0.2) is 9.13 Å². The van der Waals surface area contributed by atoms with Crippen molar-refractivity contribution in [1.29, 1.82) is 10.8 Å². The highest BCUT2D eigenvalue weighted by Gasteiger charge is 1.97. The second kappa shape index (κ2) is 13.1. The summed E-state index contributed by atoms with van der Waals surface area (Å²) in [4.78, 5) is 0. The van der Waals surface area contributed by atoms with Crippen molar-refractivity contribution in [2.24, 2.45) is 0 Å². The van der Waals surface area contributed by atoms with Gasteiger partial charge >= 0.3 is 0 Å². The standard InChI is InChI=1S/C20H30N4.2BrH/c1-17-9-11-19(21)23(15-17)13-7-5-3-4-6-8-14-24-16-18(2)10-12-20(24)22;;/h9-12,15-16,21-22H,3-8,13-14H2,1-2H3;2*1H. The molecule has 0 aliphatic carbocycles. The van der Waals surface area contributed by atoms with E-state index in [0.717, 1.165) is 25.9 Å². The van der Waals surface area contributed by atoms with Crippen LogP contribution < -0.4 is 11.0 Å². The molecular weight excluding hydrogens is 456 g/mol. The molecule has 0 amide bonds. The van der Waals surface area contributed by atoms with Gasteiger partial charge in [0, 0.05) is 25.5 Å². The van der Waals surface area contributed by atoms with Crippen molar-refractivity contribution < 1.29 is 0 Å². The summed E-state index contributed by atoms with van der Waals surface area (Å²) >= 11 is 0. The molecule has 4 nitrogen and oxygen atoms in total. The van der Waals surface area contributed by atoms with Crippen molar-refractivity contribution in [2.75, 3.05) is 0 Å². The summed E-state index contributed by atoms with van der Waals surface area (Å²) in [7, 11) is 0. The Labute approximate surface area is 177 Å². The van der Waals surface area contributed by atoms with Gasteiger partial charge in [0.15, 0.2) is 0 Å². The van der Waals surface area contributed by atoms with Gasteiger partial charge < -0.3 is 9.13 Å². The maximum atomic E-state index is 7.90. The molecule has 2 rings (SSSR count). The van der Waals surface area contributed by atoms with Crippen molar-refractivity contribution in [3.8, 4) is 0 Å². The van der Waals surface area contributed by atoms with Gasteiger partial charge in [-0.05, 0) is 49.9 Å². The maximum Gasteiger partial charge on any atom is 0.124 e. The molecule has 2 heterocycles. The van der Waals surface area contributed by atoms with Crippen LogP contribution in [0, 0.1) is 24.7 Å². The molecule has 0 unspecified atom stereocenters.